The number of hydrogen-bond acceptors (Lipinski definition) is 2. The zero-order chi connectivity index (χ0) is 15.7. The molecule has 0 spiro atoms. The van der Waals surface area contributed by atoms with E-state index in [0.29, 0.717) is 0 Å². The van der Waals surface area contributed by atoms with Crippen LogP contribution in [-0.4, -0.2) is 9.49 Å². The predicted molar refractivity (Wildman–Crippen MR) is 89.1 cm³/mol. The Morgan fingerprint density at radius 2 is 1.77 bits per heavy atom. The third-order valence-corrected chi connectivity index (χ3v) is 4.07. The fraction of sp³-hybridized carbons (Fsp3) is 0.222. The van der Waals surface area contributed by atoms with E-state index in [1.54, 1.807) is 12.1 Å². The highest BCUT2D eigenvalue weighted by Gasteiger charge is 2.11. The van der Waals surface area contributed by atoms with Crippen LogP contribution in [0.15, 0.2) is 48.5 Å². The number of aryl methyl sites for hydroxylation is 2. The molecule has 0 aliphatic carbocycles. The molecule has 4 heteroatoms. The van der Waals surface area contributed by atoms with Crippen LogP contribution in [0.5, 0.6) is 0 Å². The molecule has 4 nitrogen and oxygen atoms in total. The molecular weight excluding hydrogens is 276 g/mol. The molecule has 1 aromatic heterocycles. The molecule has 0 aliphatic rings. The zero-order valence-electron chi connectivity index (χ0n) is 12.7. The number of nitro groups is 1. The second-order valence-electron chi connectivity index (χ2n) is 5.32. The van der Waals surface area contributed by atoms with Gasteiger partial charge in [-0.3, -0.25) is 10.1 Å². The van der Waals surface area contributed by atoms with E-state index in [2.05, 4.69) is 42.7 Å². The Hall–Kier alpha value is -2.62. The van der Waals surface area contributed by atoms with Gasteiger partial charge in [-0.05, 0) is 48.7 Å². The molecule has 2 aromatic carbocycles. The van der Waals surface area contributed by atoms with Crippen molar-refractivity contribution in [1.29, 1.82) is 0 Å². The van der Waals surface area contributed by atoms with E-state index in [0.717, 1.165) is 24.2 Å². The smallest absolute Gasteiger partial charge is 0.269 e. The lowest BCUT2D eigenvalue weighted by atomic mass is 10.1. The Bertz CT molecular complexity index is 832. The van der Waals surface area contributed by atoms with Gasteiger partial charge in [0.15, 0.2) is 0 Å². The summed E-state index contributed by atoms with van der Waals surface area (Å²) in [5.74, 6) is 0. The molecule has 3 aromatic rings. The van der Waals surface area contributed by atoms with Crippen molar-refractivity contribution < 1.29 is 4.92 Å². The van der Waals surface area contributed by atoms with E-state index in [9.17, 15) is 10.1 Å². The summed E-state index contributed by atoms with van der Waals surface area (Å²) in [6.45, 7) is 5.13. The third kappa shape index (κ3) is 2.37. The number of nitro benzene ring substituents is 1. The van der Waals surface area contributed by atoms with Crippen molar-refractivity contribution in [3.8, 4) is 11.3 Å². The lowest BCUT2D eigenvalue weighted by Crippen LogP contribution is -1.97. The van der Waals surface area contributed by atoms with E-state index < -0.39 is 0 Å². The molecule has 0 saturated carbocycles. The predicted octanol–water partition coefficient (Wildman–Crippen LogP) is 4.80. The molecule has 0 N–H and O–H groups in total. The number of aromatic nitrogens is 1. The number of rotatable bonds is 4. The van der Waals surface area contributed by atoms with Crippen LogP contribution in [-0.2, 0) is 13.0 Å². The lowest BCUT2D eigenvalue weighted by molar-refractivity contribution is -0.384. The van der Waals surface area contributed by atoms with Gasteiger partial charge in [-0.25, -0.2) is 0 Å². The number of non-ortho nitro benzene ring substituents is 1. The van der Waals surface area contributed by atoms with E-state index in [1.165, 1.54) is 16.5 Å². The summed E-state index contributed by atoms with van der Waals surface area (Å²) in [6, 6.07) is 15.4. The standard InChI is InChI=1S/C18H18N2O2/c1-3-13-5-6-15-12-18(19(4-2)17(15)11-13)14-7-9-16(10-8-14)20(21)22/h5-12H,3-4H2,1-2H3. The number of nitrogens with zero attached hydrogens (tertiary/aromatic N) is 2. The molecule has 0 unspecified atom stereocenters. The number of benzene rings is 2. The van der Waals surface area contributed by atoms with E-state index in [-0.39, 0.29) is 10.6 Å². The average Bonchev–Trinajstić information content (AvgIpc) is 2.92. The Morgan fingerprint density at radius 3 is 2.36 bits per heavy atom. The second kappa shape index (κ2) is 5.64. The highest BCUT2D eigenvalue weighted by molar-refractivity contribution is 5.87. The van der Waals surface area contributed by atoms with E-state index >= 15 is 0 Å². The Morgan fingerprint density at radius 1 is 1.05 bits per heavy atom. The van der Waals surface area contributed by atoms with Crippen molar-refractivity contribution in [2.75, 3.05) is 0 Å². The summed E-state index contributed by atoms with van der Waals surface area (Å²) in [4.78, 5) is 10.4. The summed E-state index contributed by atoms with van der Waals surface area (Å²) < 4.78 is 2.26. The molecule has 112 valence electrons. The minimum Gasteiger partial charge on any atom is -0.341 e. The largest absolute Gasteiger partial charge is 0.341 e. The van der Waals surface area contributed by atoms with Gasteiger partial charge in [0.2, 0.25) is 0 Å². The fourth-order valence-electron chi connectivity index (χ4n) is 2.85. The maximum Gasteiger partial charge on any atom is 0.269 e. The Labute approximate surface area is 129 Å². The molecule has 22 heavy (non-hydrogen) atoms. The molecular formula is C18H18N2O2. The van der Waals surface area contributed by atoms with Crippen LogP contribution >= 0.6 is 0 Å². The van der Waals surface area contributed by atoms with Crippen molar-refractivity contribution in [3.05, 3.63) is 64.2 Å². The molecule has 0 radical (unpaired) electrons. The van der Waals surface area contributed by atoms with Crippen molar-refractivity contribution >= 4 is 16.6 Å². The van der Waals surface area contributed by atoms with Crippen molar-refractivity contribution in [3.63, 3.8) is 0 Å². The minimum atomic E-state index is -0.368. The number of fused-ring (bicyclic) bond motifs is 1. The van der Waals surface area contributed by atoms with Gasteiger partial charge >= 0.3 is 0 Å². The fourth-order valence-corrected chi connectivity index (χ4v) is 2.85. The van der Waals surface area contributed by atoms with Crippen molar-refractivity contribution in [1.82, 2.24) is 4.57 Å². The van der Waals surface area contributed by atoms with Crippen LogP contribution in [0.1, 0.15) is 19.4 Å². The first-order chi connectivity index (χ1) is 10.6. The summed E-state index contributed by atoms with van der Waals surface area (Å²) in [5, 5.41) is 12.0. The van der Waals surface area contributed by atoms with Gasteiger partial charge in [0.1, 0.15) is 0 Å². The Balaban J connectivity index is 2.15. The highest BCUT2D eigenvalue weighted by Crippen LogP contribution is 2.30. The first-order valence-electron chi connectivity index (χ1n) is 7.51. The number of hydrogen-bond donors (Lipinski definition) is 0. The van der Waals surface area contributed by atoms with Crippen LogP contribution < -0.4 is 0 Å². The summed E-state index contributed by atoms with van der Waals surface area (Å²) in [7, 11) is 0. The maximum atomic E-state index is 10.8. The molecule has 3 rings (SSSR count). The van der Waals surface area contributed by atoms with Gasteiger partial charge in [0.25, 0.3) is 5.69 Å². The minimum absolute atomic E-state index is 0.121. The summed E-state index contributed by atoms with van der Waals surface area (Å²) in [5.41, 5.74) is 4.75. The SMILES string of the molecule is CCc1ccc2cc(-c3ccc([N+](=O)[O-])cc3)n(CC)c2c1. The van der Waals surface area contributed by atoms with E-state index in [1.807, 2.05) is 12.1 Å². The van der Waals surface area contributed by atoms with Crippen molar-refractivity contribution in [2.45, 2.75) is 26.8 Å². The van der Waals surface area contributed by atoms with Crippen LogP contribution in [0.4, 0.5) is 5.69 Å². The first kappa shape index (κ1) is 14.3. The monoisotopic (exact) mass is 294 g/mol. The van der Waals surface area contributed by atoms with Crippen molar-refractivity contribution in [2.24, 2.45) is 0 Å². The van der Waals surface area contributed by atoms with Gasteiger partial charge in [0, 0.05) is 35.3 Å². The molecule has 0 atom stereocenters. The molecule has 0 saturated heterocycles. The van der Waals surface area contributed by atoms with Crippen LogP contribution in [0.3, 0.4) is 0 Å². The summed E-state index contributed by atoms with van der Waals surface area (Å²) >= 11 is 0. The highest BCUT2D eigenvalue weighted by atomic mass is 16.6. The molecule has 1 heterocycles. The quantitative estimate of drug-likeness (QED) is 0.512. The lowest BCUT2D eigenvalue weighted by Gasteiger charge is -2.08. The zero-order valence-corrected chi connectivity index (χ0v) is 12.7. The third-order valence-electron chi connectivity index (χ3n) is 4.07. The van der Waals surface area contributed by atoms with Gasteiger partial charge in [0.05, 0.1) is 4.92 Å². The van der Waals surface area contributed by atoms with Gasteiger partial charge in [-0.2, -0.15) is 0 Å². The average molecular weight is 294 g/mol. The summed E-state index contributed by atoms with van der Waals surface area (Å²) in [6.07, 6.45) is 1.01. The normalized spacial score (nSPS) is 11.0. The molecule has 0 fully saturated rings. The van der Waals surface area contributed by atoms with Crippen LogP contribution in [0, 0.1) is 10.1 Å². The van der Waals surface area contributed by atoms with Crippen LogP contribution in [0.2, 0.25) is 0 Å². The van der Waals surface area contributed by atoms with Gasteiger partial charge in [-0.15, -0.1) is 0 Å². The van der Waals surface area contributed by atoms with Gasteiger partial charge < -0.3 is 4.57 Å². The maximum absolute atomic E-state index is 10.8. The molecule has 0 aliphatic heterocycles. The second-order valence-corrected chi connectivity index (χ2v) is 5.32. The van der Waals surface area contributed by atoms with Gasteiger partial charge in [-0.1, -0.05) is 19.1 Å². The molecule has 0 amide bonds. The topological polar surface area (TPSA) is 48.1 Å². The molecule has 0 bridgehead atoms. The first-order valence-corrected chi connectivity index (χ1v) is 7.51. The Kier molecular flexibility index (Phi) is 3.67. The van der Waals surface area contributed by atoms with E-state index in [4.69, 9.17) is 0 Å². The van der Waals surface area contributed by atoms with Crippen LogP contribution in [0.25, 0.3) is 22.2 Å².